The van der Waals surface area contributed by atoms with Gasteiger partial charge in [0, 0.05) is 26.2 Å². The maximum Gasteiger partial charge on any atom is 0.289 e. The van der Waals surface area contributed by atoms with E-state index in [4.69, 9.17) is 4.42 Å². The number of aromatic nitrogens is 3. The first-order valence-corrected chi connectivity index (χ1v) is 10.8. The highest BCUT2D eigenvalue weighted by molar-refractivity contribution is 7.99. The molecule has 1 saturated heterocycles. The van der Waals surface area contributed by atoms with E-state index in [1.165, 1.54) is 18.0 Å². The molecule has 0 radical (unpaired) electrons. The predicted molar refractivity (Wildman–Crippen MR) is 112 cm³/mol. The first-order chi connectivity index (χ1) is 14.6. The van der Waals surface area contributed by atoms with Gasteiger partial charge in [-0.1, -0.05) is 42.1 Å². The molecular weight excluding hydrogens is 402 g/mol. The fraction of sp³-hybridized carbons (Fsp3) is 0.333. The topological polar surface area (TPSA) is 84.5 Å². The summed E-state index contributed by atoms with van der Waals surface area (Å²) >= 11 is 1.40. The van der Waals surface area contributed by atoms with E-state index in [-0.39, 0.29) is 11.8 Å². The minimum atomic E-state index is -0.133. The van der Waals surface area contributed by atoms with E-state index in [2.05, 4.69) is 22.3 Å². The Kier molecular flexibility index (Phi) is 6.18. The van der Waals surface area contributed by atoms with Gasteiger partial charge in [0.25, 0.3) is 5.91 Å². The van der Waals surface area contributed by atoms with Crippen LogP contribution in [0, 0.1) is 6.92 Å². The second-order valence-electron chi connectivity index (χ2n) is 7.04. The lowest BCUT2D eigenvalue weighted by Gasteiger charge is -2.34. The molecule has 0 spiro atoms. The molecule has 2 aromatic heterocycles. The van der Waals surface area contributed by atoms with E-state index in [0.29, 0.717) is 44.2 Å². The van der Waals surface area contributed by atoms with E-state index in [1.54, 1.807) is 21.9 Å². The predicted octanol–water partition coefficient (Wildman–Crippen LogP) is 2.30. The number of carbonyl (C=O) groups excluding carboxylic acids is 2. The third kappa shape index (κ3) is 4.56. The van der Waals surface area contributed by atoms with Gasteiger partial charge < -0.3 is 18.8 Å². The number of hydrogen-bond donors (Lipinski definition) is 0. The van der Waals surface area contributed by atoms with E-state index in [0.717, 1.165) is 16.5 Å². The SMILES string of the molecule is Cc1nnc(SCC(=O)N2CCN(C(=O)c3ccco3)CC2)n1Cc1ccccc1. The number of rotatable bonds is 6. The van der Waals surface area contributed by atoms with E-state index in [9.17, 15) is 9.59 Å². The third-order valence-electron chi connectivity index (χ3n) is 5.06. The molecule has 3 heterocycles. The molecule has 0 aliphatic carbocycles. The molecular formula is C21H23N5O3S. The van der Waals surface area contributed by atoms with Crippen LogP contribution >= 0.6 is 11.8 Å². The van der Waals surface area contributed by atoms with Gasteiger partial charge in [-0.3, -0.25) is 9.59 Å². The van der Waals surface area contributed by atoms with Gasteiger partial charge >= 0.3 is 0 Å². The van der Waals surface area contributed by atoms with Gasteiger partial charge in [-0.2, -0.15) is 0 Å². The lowest BCUT2D eigenvalue weighted by atomic mass is 10.2. The van der Waals surface area contributed by atoms with Crippen molar-refractivity contribution in [1.29, 1.82) is 0 Å². The Hall–Kier alpha value is -3.07. The monoisotopic (exact) mass is 425 g/mol. The number of amides is 2. The van der Waals surface area contributed by atoms with E-state index in [1.807, 2.05) is 29.7 Å². The zero-order chi connectivity index (χ0) is 20.9. The molecule has 4 rings (SSSR count). The minimum absolute atomic E-state index is 0.0389. The molecule has 30 heavy (non-hydrogen) atoms. The summed E-state index contributed by atoms with van der Waals surface area (Å²) in [6.45, 7) is 4.61. The Bertz CT molecular complexity index is 995. The second-order valence-corrected chi connectivity index (χ2v) is 7.98. The summed E-state index contributed by atoms with van der Waals surface area (Å²) in [5.74, 6) is 1.35. The van der Waals surface area contributed by atoms with Gasteiger partial charge in [0.15, 0.2) is 10.9 Å². The second kappa shape index (κ2) is 9.17. The fourth-order valence-corrected chi connectivity index (χ4v) is 4.24. The van der Waals surface area contributed by atoms with Gasteiger partial charge in [-0.15, -0.1) is 10.2 Å². The Balaban J connectivity index is 1.30. The quantitative estimate of drug-likeness (QED) is 0.564. The van der Waals surface area contributed by atoms with Gasteiger partial charge in [0.2, 0.25) is 5.91 Å². The zero-order valence-corrected chi connectivity index (χ0v) is 17.5. The molecule has 0 N–H and O–H groups in total. The Morgan fingerprint density at radius 2 is 1.73 bits per heavy atom. The van der Waals surface area contributed by atoms with Crippen LogP contribution in [-0.4, -0.2) is 68.3 Å². The number of piperazine rings is 1. The number of carbonyl (C=O) groups is 2. The zero-order valence-electron chi connectivity index (χ0n) is 16.7. The molecule has 0 saturated carbocycles. The maximum atomic E-state index is 12.7. The Morgan fingerprint density at radius 3 is 2.43 bits per heavy atom. The average Bonchev–Trinajstić information content (AvgIpc) is 3.43. The molecule has 2 amide bonds. The highest BCUT2D eigenvalue weighted by Gasteiger charge is 2.26. The summed E-state index contributed by atoms with van der Waals surface area (Å²) in [5, 5.41) is 9.14. The average molecular weight is 426 g/mol. The van der Waals surface area contributed by atoms with Crippen molar-refractivity contribution in [3.05, 3.63) is 65.9 Å². The van der Waals surface area contributed by atoms with Gasteiger partial charge in [-0.05, 0) is 24.6 Å². The highest BCUT2D eigenvalue weighted by atomic mass is 32.2. The smallest absolute Gasteiger partial charge is 0.289 e. The van der Waals surface area contributed by atoms with Crippen molar-refractivity contribution in [2.24, 2.45) is 0 Å². The largest absolute Gasteiger partial charge is 0.459 e. The van der Waals surface area contributed by atoms with Crippen molar-refractivity contribution < 1.29 is 14.0 Å². The fourth-order valence-electron chi connectivity index (χ4n) is 3.35. The van der Waals surface area contributed by atoms with Crippen molar-refractivity contribution in [2.45, 2.75) is 18.6 Å². The highest BCUT2D eigenvalue weighted by Crippen LogP contribution is 2.19. The standard InChI is InChI=1S/C21H23N5O3S/c1-16-22-23-21(26(16)14-17-6-3-2-4-7-17)30-15-19(27)24-9-11-25(12-10-24)20(28)18-8-5-13-29-18/h2-8,13H,9-12,14-15H2,1H3. The summed E-state index contributed by atoms with van der Waals surface area (Å²) in [5.41, 5.74) is 1.16. The molecule has 1 aliphatic heterocycles. The van der Waals surface area contributed by atoms with Crippen LogP contribution < -0.4 is 0 Å². The molecule has 0 unspecified atom stereocenters. The van der Waals surface area contributed by atoms with Gasteiger partial charge in [-0.25, -0.2) is 0 Å². The van der Waals surface area contributed by atoms with E-state index < -0.39 is 0 Å². The lowest BCUT2D eigenvalue weighted by Crippen LogP contribution is -2.51. The maximum absolute atomic E-state index is 12.7. The van der Waals surface area contributed by atoms with E-state index >= 15 is 0 Å². The van der Waals surface area contributed by atoms with Crippen LogP contribution in [0.3, 0.4) is 0 Å². The summed E-state index contributed by atoms with van der Waals surface area (Å²) < 4.78 is 7.20. The van der Waals surface area contributed by atoms with Crippen molar-refractivity contribution in [3.63, 3.8) is 0 Å². The Morgan fingerprint density at radius 1 is 1.00 bits per heavy atom. The van der Waals surface area contributed by atoms with Crippen LogP contribution in [0.5, 0.6) is 0 Å². The van der Waals surface area contributed by atoms with Crippen molar-refractivity contribution in [3.8, 4) is 0 Å². The number of hydrogen-bond acceptors (Lipinski definition) is 6. The summed E-state index contributed by atoms with van der Waals surface area (Å²) in [7, 11) is 0. The van der Waals surface area contributed by atoms with Gasteiger partial charge in [0.1, 0.15) is 5.82 Å². The molecule has 0 atom stereocenters. The molecule has 0 bridgehead atoms. The van der Waals surface area contributed by atoms with Crippen LogP contribution in [0.25, 0.3) is 0 Å². The number of aryl methyl sites for hydroxylation is 1. The number of benzene rings is 1. The minimum Gasteiger partial charge on any atom is -0.459 e. The van der Waals surface area contributed by atoms with Gasteiger partial charge in [0.05, 0.1) is 18.6 Å². The Labute approximate surface area is 178 Å². The summed E-state index contributed by atoms with van der Waals surface area (Å²) in [4.78, 5) is 28.5. The van der Waals surface area contributed by atoms with Crippen molar-refractivity contribution in [2.75, 3.05) is 31.9 Å². The number of furan rings is 1. The van der Waals surface area contributed by atoms with Crippen molar-refractivity contribution in [1.82, 2.24) is 24.6 Å². The molecule has 8 nitrogen and oxygen atoms in total. The first kappa shape index (κ1) is 20.2. The number of thioether (sulfide) groups is 1. The molecule has 3 aromatic rings. The van der Waals surface area contributed by atoms with Crippen LogP contribution in [0.2, 0.25) is 0 Å². The molecule has 1 aliphatic rings. The van der Waals surface area contributed by atoms with Crippen LogP contribution in [0.15, 0.2) is 58.3 Å². The third-order valence-corrected chi connectivity index (χ3v) is 6.01. The number of nitrogens with zero attached hydrogens (tertiary/aromatic N) is 5. The normalized spacial score (nSPS) is 14.2. The molecule has 1 aromatic carbocycles. The molecule has 1 fully saturated rings. The van der Waals surface area contributed by atoms with Crippen LogP contribution in [-0.2, 0) is 11.3 Å². The first-order valence-electron chi connectivity index (χ1n) is 9.79. The molecule has 9 heteroatoms. The summed E-state index contributed by atoms with van der Waals surface area (Å²) in [6, 6.07) is 13.5. The lowest BCUT2D eigenvalue weighted by molar-refractivity contribution is -0.129. The van der Waals surface area contributed by atoms with Crippen LogP contribution in [0.1, 0.15) is 21.9 Å². The summed E-state index contributed by atoms with van der Waals surface area (Å²) in [6.07, 6.45) is 1.49. The molecule has 156 valence electrons. The van der Waals surface area contributed by atoms with Crippen molar-refractivity contribution >= 4 is 23.6 Å². The van der Waals surface area contributed by atoms with Crippen LogP contribution in [0.4, 0.5) is 0 Å².